The summed E-state index contributed by atoms with van der Waals surface area (Å²) in [5.74, 6) is 0.655. The van der Waals surface area contributed by atoms with Crippen molar-refractivity contribution < 1.29 is 4.42 Å². The van der Waals surface area contributed by atoms with E-state index in [1.54, 1.807) is 12.0 Å². The number of likely N-dealkylation sites (tertiary alicyclic amines) is 1. The van der Waals surface area contributed by atoms with Crippen molar-refractivity contribution in [1.29, 1.82) is 0 Å². The quantitative estimate of drug-likeness (QED) is 0.678. The second-order valence-electron chi connectivity index (χ2n) is 8.81. The van der Waals surface area contributed by atoms with Crippen molar-refractivity contribution in [3.63, 3.8) is 0 Å². The molecule has 1 aromatic heterocycles. The fourth-order valence-electron chi connectivity index (χ4n) is 5.81. The van der Waals surface area contributed by atoms with Crippen LogP contribution in [0.1, 0.15) is 29.9 Å². The van der Waals surface area contributed by atoms with Crippen LogP contribution in [0.15, 0.2) is 47.2 Å². The zero-order valence-corrected chi connectivity index (χ0v) is 17.1. The number of oxazole rings is 1. The van der Waals surface area contributed by atoms with Gasteiger partial charge in [-0.3, -0.25) is 0 Å². The van der Waals surface area contributed by atoms with Gasteiger partial charge >= 0.3 is 0 Å². The molecule has 0 bridgehead atoms. The van der Waals surface area contributed by atoms with Gasteiger partial charge in [0.15, 0.2) is 12.0 Å². The highest BCUT2D eigenvalue weighted by Crippen LogP contribution is 2.50. The Balaban J connectivity index is 1.16. The highest BCUT2D eigenvalue weighted by atomic mass is 16.3. The molecule has 0 unspecified atom stereocenters. The first kappa shape index (κ1) is 17.3. The molecule has 3 aliphatic rings. The molecule has 1 fully saturated rings. The molecular weight excluding hydrogens is 360 g/mol. The summed E-state index contributed by atoms with van der Waals surface area (Å²) < 4.78 is 5.60. The smallest absolute Gasteiger partial charge is 0.181 e. The molecule has 5 heteroatoms. The van der Waals surface area contributed by atoms with Crippen LogP contribution in [0.5, 0.6) is 0 Å². The molecular formula is C24H28N4O. The Hall–Kier alpha value is -2.53. The van der Waals surface area contributed by atoms with Gasteiger partial charge in [0, 0.05) is 45.2 Å². The summed E-state index contributed by atoms with van der Waals surface area (Å²) in [6, 6.07) is 13.9. The number of likely N-dealkylation sites (N-methyl/N-ethyl adjacent to an activating group) is 1. The Labute approximate surface area is 171 Å². The number of rotatable bonds is 4. The lowest BCUT2D eigenvalue weighted by atomic mass is 9.89. The van der Waals surface area contributed by atoms with Crippen LogP contribution in [0.4, 0.5) is 11.4 Å². The average Bonchev–Trinajstić information content (AvgIpc) is 3.35. The molecule has 0 spiro atoms. The van der Waals surface area contributed by atoms with Crippen LogP contribution in [0, 0.1) is 0 Å². The number of para-hydroxylation sites is 2. The SMILES string of the molecule is CN1CCN2c3c(cccc31)[C@@H]1CN(CCCc3cccc4ncoc34)CC[C@@H]12. The van der Waals surface area contributed by atoms with Crippen molar-refractivity contribution in [2.24, 2.45) is 0 Å². The number of fused-ring (bicyclic) bond motifs is 4. The first-order valence-electron chi connectivity index (χ1n) is 10.9. The zero-order valence-electron chi connectivity index (χ0n) is 17.1. The van der Waals surface area contributed by atoms with Crippen LogP contribution in [0.3, 0.4) is 0 Å². The maximum Gasteiger partial charge on any atom is 0.181 e. The topological polar surface area (TPSA) is 35.8 Å². The second-order valence-corrected chi connectivity index (χ2v) is 8.81. The van der Waals surface area contributed by atoms with Crippen molar-refractivity contribution in [1.82, 2.24) is 9.88 Å². The Morgan fingerprint density at radius 3 is 3.00 bits per heavy atom. The Morgan fingerprint density at radius 2 is 2.03 bits per heavy atom. The fraction of sp³-hybridized carbons (Fsp3) is 0.458. The number of benzene rings is 2. The number of hydrogen-bond donors (Lipinski definition) is 0. The lowest BCUT2D eigenvalue weighted by Crippen LogP contribution is -2.49. The standard InChI is InChI=1S/C24H28N4O/c1-26-13-14-28-21-10-12-27(15-19(21)18-7-3-9-22(26)23(18)28)11-4-6-17-5-2-8-20-24(17)29-16-25-20/h2-3,5,7-9,16,19,21H,4,6,10-15H2,1H3/t19-,21-/m0/s1. The molecule has 0 saturated carbocycles. The van der Waals surface area contributed by atoms with E-state index in [1.165, 1.54) is 43.0 Å². The predicted molar refractivity (Wildman–Crippen MR) is 117 cm³/mol. The van der Waals surface area contributed by atoms with Crippen LogP contribution < -0.4 is 9.80 Å². The van der Waals surface area contributed by atoms with Gasteiger partial charge in [0.1, 0.15) is 5.52 Å². The molecule has 2 atom stereocenters. The fourth-order valence-corrected chi connectivity index (χ4v) is 5.81. The first-order chi connectivity index (χ1) is 14.3. The van der Waals surface area contributed by atoms with E-state index in [1.807, 2.05) is 6.07 Å². The third-order valence-electron chi connectivity index (χ3n) is 7.24. The molecule has 1 saturated heterocycles. The van der Waals surface area contributed by atoms with Crippen LogP contribution in [0.25, 0.3) is 11.1 Å². The van der Waals surface area contributed by atoms with E-state index >= 15 is 0 Å². The molecule has 0 N–H and O–H groups in total. The molecule has 4 heterocycles. The Kier molecular flexibility index (Phi) is 4.05. The van der Waals surface area contributed by atoms with Gasteiger partial charge in [-0.25, -0.2) is 4.98 Å². The highest BCUT2D eigenvalue weighted by Gasteiger charge is 2.44. The van der Waals surface area contributed by atoms with E-state index in [-0.39, 0.29) is 0 Å². The summed E-state index contributed by atoms with van der Waals surface area (Å²) in [6.07, 6.45) is 5.05. The predicted octanol–water partition coefficient (Wildman–Crippen LogP) is 3.89. The largest absolute Gasteiger partial charge is 0.443 e. The molecule has 2 aromatic carbocycles. The first-order valence-corrected chi connectivity index (χ1v) is 10.9. The van der Waals surface area contributed by atoms with Gasteiger partial charge in [-0.1, -0.05) is 24.3 Å². The third kappa shape index (κ3) is 2.75. The van der Waals surface area contributed by atoms with Crippen LogP contribution in [-0.4, -0.2) is 55.7 Å². The van der Waals surface area contributed by atoms with Crippen molar-refractivity contribution in [2.75, 3.05) is 49.6 Å². The van der Waals surface area contributed by atoms with Crippen LogP contribution in [0.2, 0.25) is 0 Å². The number of piperidine rings is 1. The maximum atomic E-state index is 5.60. The molecule has 5 nitrogen and oxygen atoms in total. The molecule has 29 heavy (non-hydrogen) atoms. The normalized spacial score (nSPS) is 23.5. The molecule has 150 valence electrons. The lowest BCUT2D eigenvalue weighted by molar-refractivity contribution is 0.191. The number of nitrogens with zero attached hydrogens (tertiary/aromatic N) is 4. The van der Waals surface area contributed by atoms with Crippen molar-refractivity contribution >= 4 is 22.5 Å². The molecule has 3 aromatic rings. The molecule has 0 aliphatic carbocycles. The van der Waals surface area contributed by atoms with E-state index in [0.29, 0.717) is 12.0 Å². The van der Waals surface area contributed by atoms with E-state index in [4.69, 9.17) is 4.42 Å². The summed E-state index contributed by atoms with van der Waals surface area (Å²) in [4.78, 5) is 12.1. The lowest BCUT2D eigenvalue weighted by Gasteiger charge is -2.41. The number of aromatic nitrogens is 1. The maximum absolute atomic E-state index is 5.60. The Bertz CT molecular complexity index is 1040. The van der Waals surface area contributed by atoms with Crippen molar-refractivity contribution in [2.45, 2.75) is 31.2 Å². The summed E-state index contributed by atoms with van der Waals surface area (Å²) in [6.45, 7) is 5.86. The van der Waals surface area contributed by atoms with Gasteiger partial charge in [0.25, 0.3) is 0 Å². The van der Waals surface area contributed by atoms with Crippen molar-refractivity contribution in [3.05, 3.63) is 53.9 Å². The second kappa shape index (κ2) is 6.77. The minimum absolute atomic E-state index is 0.655. The van der Waals surface area contributed by atoms with Gasteiger partial charge in [0.2, 0.25) is 0 Å². The minimum atomic E-state index is 0.655. The molecule has 0 amide bonds. The van der Waals surface area contributed by atoms with Crippen molar-refractivity contribution in [3.8, 4) is 0 Å². The average molecular weight is 389 g/mol. The van der Waals surface area contributed by atoms with Gasteiger partial charge in [-0.05, 0) is 49.1 Å². The van der Waals surface area contributed by atoms with Crippen LogP contribution >= 0.6 is 0 Å². The zero-order chi connectivity index (χ0) is 19.4. The van der Waals surface area contributed by atoms with Gasteiger partial charge in [-0.15, -0.1) is 0 Å². The third-order valence-corrected chi connectivity index (χ3v) is 7.24. The Morgan fingerprint density at radius 1 is 1.10 bits per heavy atom. The number of aryl methyl sites for hydroxylation is 1. The molecule has 6 rings (SSSR count). The molecule has 3 aliphatic heterocycles. The minimum Gasteiger partial charge on any atom is -0.443 e. The van der Waals surface area contributed by atoms with E-state index in [2.05, 4.69) is 57.1 Å². The van der Waals surface area contributed by atoms with E-state index in [9.17, 15) is 0 Å². The molecule has 0 radical (unpaired) electrons. The number of anilines is 2. The van der Waals surface area contributed by atoms with E-state index in [0.717, 1.165) is 37.0 Å². The summed E-state index contributed by atoms with van der Waals surface area (Å²) in [5, 5.41) is 0. The highest BCUT2D eigenvalue weighted by molar-refractivity contribution is 5.80. The summed E-state index contributed by atoms with van der Waals surface area (Å²) in [5.41, 5.74) is 7.74. The summed E-state index contributed by atoms with van der Waals surface area (Å²) in [7, 11) is 2.23. The summed E-state index contributed by atoms with van der Waals surface area (Å²) >= 11 is 0. The number of hydrogen-bond acceptors (Lipinski definition) is 5. The van der Waals surface area contributed by atoms with Gasteiger partial charge < -0.3 is 19.1 Å². The van der Waals surface area contributed by atoms with E-state index < -0.39 is 0 Å². The van der Waals surface area contributed by atoms with Gasteiger partial charge in [-0.2, -0.15) is 0 Å². The van der Waals surface area contributed by atoms with Crippen LogP contribution in [-0.2, 0) is 6.42 Å². The monoisotopic (exact) mass is 388 g/mol. The van der Waals surface area contributed by atoms with Gasteiger partial charge in [0.05, 0.1) is 11.4 Å².